The summed E-state index contributed by atoms with van der Waals surface area (Å²) in [6.45, 7) is 0.0793. The Morgan fingerprint density at radius 2 is 2.04 bits per heavy atom. The van der Waals surface area contributed by atoms with E-state index in [2.05, 4.69) is 15.7 Å². The number of aromatic nitrogens is 1. The molecule has 0 aromatic carbocycles. The Morgan fingerprint density at radius 1 is 1.33 bits per heavy atom. The van der Waals surface area contributed by atoms with Crippen molar-refractivity contribution in [3.63, 3.8) is 0 Å². The molecule has 1 unspecified atom stereocenters. The molecular weight excluding hydrogens is 370 g/mol. The lowest BCUT2D eigenvalue weighted by atomic mass is 9.90. The van der Waals surface area contributed by atoms with Crippen molar-refractivity contribution in [2.24, 2.45) is 11.8 Å². The summed E-state index contributed by atoms with van der Waals surface area (Å²) in [5, 5.41) is 3.54. The first-order chi connectivity index (χ1) is 12.6. The van der Waals surface area contributed by atoms with E-state index in [1.165, 1.54) is 36.1 Å². The molecule has 0 radical (unpaired) electrons. The minimum absolute atomic E-state index is 0.0793. The van der Waals surface area contributed by atoms with Gasteiger partial charge >= 0.3 is 6.18 Å². The number of anilines is 1. The van der Waals surface area contributed by atoms with Crippen LogP contribution in [0, 0.1) is 17.8 Å². The molecule has 3 rings (SSSR count). The molecule has 1 saturated heterocycles. The Morgan fingerprint density at radius 3 is 2.63 bits per heavy atom. The topological polar surface area (TPSA) is 77.6 Å². The fraction of sp³-hybridized carbons (Fsp3) is 0.438. The zero-order chi connectivity index (χ0) is 19.9. The van der Waals surface area contributed by atoms with Crippen molar-refractivity contribution in [2.45, 2.75) is 12.2 Å². The molecular formula is C16H17F4N5O2. The zero-order valence-electron chi connectivity index (χ0n) is 14.4. The highest BCUT2D eigenvalue weighted by molar-refractivity contribution is 6.07. The number of nitrogens with zero attached hydrogens (tertiary/aromatic N) is 3. The standard InChI is InChI=1S/C16H17F4N5O2/c1-24-7-8(9-6-10(16(18,19)20)23-25(9)2)13(15(24)27)14(26)22-12-5-3-4-11(17)21-12/h3-6,8,10,13,23H,7H2,1-2H3,(H,21,22,26)/t8-,10?,13+/m1/s1. The Hall–Kier alpha value is -2.69. The average Bonchev–Trinajstić information content (AvgIpc) is 3.08. The van der Waals surface area contributed by atoms with Crippen molar-refractivity contribution < 1.29 is 27.2 Å². The third-order valence-corrected chi connectivity index (χ3v) is 4.55. The molecule has 2 aliphatic heterocycles. The van der Waals surface area contributed by atoms with Gasteiger partial charge in [-0.05, 0) is 18.2 Å². The largest absolute Gasteiger partial charge is 0.409 e. The van der Waals surface area contributed by atoms with Gasteiger partial charge in [0.1, 0.15) is 17.8 Å². The van der Waals surface area contributed by atoms with Gasteiger partial charge in [0.2, 0.25) is 17.8 Å². The summed E-state index contributed by atoms with van der Waals surface area (Å²) in [5.74, 6) is -4.21. The Labute approximate surface area is 152 Å². The van der Waals surface area contributed by atoms with Crippen molar-refractivity contribution in [3.05, 3.63) is 35.9 Å². The number of amides is 2. The Balaban J connectivity index is 1.86. The van der Waals surface area contributed by atoms with Crippen LogP contribution in [0.1, 0.15) is 0 Å². The summed E-state index contributed by atoms with van der Waals surface area (Å²) < 4.78 is 52.2. The third-order valence-electron chi connectivity index (χ3n) is 4.55. The van der Waals surface area contributed by atoms with E-state index in [9.17, 15) is 27.2 Å². The highest BCUT2D eigenvalue weighted by Gasteiger charge is 2.50. The van der Waals surface area contributed by atoms with Crippen LogP contribution in [0.3, 0.4) is 0 Å². The summed E-state index contributed by atoms with van der Waals surface area (Å²) in [5.41, 5.74) is 2.46. The Bertz CT molecular complexity index is 797. The highest BCUT2D eigenvalue weighted by atomic mass is 19.4. The third kappa shape index (κ3) is 3.72. The molecule has 2 N–H and O–H groups in total. The molecule has 0 bridgehead atoms. The molecule has 1 fully saturated rings. The first-order valence-electron chi connectivity index (χ1n) is 8.04. The quantitative estimate of drug-likeness (QED) is 0.462. The number of carbonyl (C=O) groups is 2. The maximum Gasteiger partial charge on any atom is 0.409 e. The molecule has 0 saturated carbocycles. The fourth-order valence-electron chi connectivity index (χ4n) is 3.28. The smallest absolute Gasteiger partial charge is 0.344 e. The summed E-state index contributed by atoms with van der Waals surface area (Å²) in [6, 6.07) is 1.88. The van der Waals surface area contributed by atoms with E-state index < -0.39 is 41.8 Å². The summed E-state index contributed by atoms with van der Waals surface area (Å²) >= 11 is 0. The highest BCUT2D eigenvalue weighted by Crippen LogP contribution is 2.36. The predicted molar refractivity (Wildman–Crippen MR) is 86.3 cm³/mol. The van der Waals surface area contributed by atoms with Crippen LogP contribution in [0.2, 0.25) is 0 Å². The van der Waals surface area contributed by atoms with Crippen LogP contribution >= 0.6 is 0 Å². The van der Waals surface area contributed by atoms with E-state index in [1.54, 1.807) is 0 Å². The van der Waals surface area contributed by atoms with Crippen LogP contribution in [-0.4, -0.2) is 59.6 Å². The van der Waals surface area contributed by atoms with Gasteiger partial charge in [0.05, 0.1) is 0 Å². The zero-order valence-corrected chi connectivity index (χ0v) is 14.4. The van der Waals surface area contributed by atoms with Gasteiger partial charge in [0.25, 0.3) is 0 Å². The normalized spacial score (nSPS) is 25.8. The maximum atomic E-state index is 13.2. The van der Waals surface area contributed by atoms with Gasteiger partial charge in [-0.25, -0.2) is 10.4 Å². The second kappa shape index (κ2) is 6.80. The van der Waals surface area contributed by atoms with Crippen molar-refractivity contribution in [1.29, 1.82) is 0 Å². The number of hydrogen-bond donors (Lipinski definition) is 2. The van der Waals surface area contributed by atoms with Gasteiger partial charge in [-0.1, -0.05) is 6.07 Å². The number of nitrogens with one attached hydrogen (secondary N) is 2. The number of alkyl halides is 3. The van der Waals surface area contributed by atoms with E-state index in [0.717, 1.165) is 12.1 Å². The van der Waals surface area contributed by atoms with Gasteiger partial charge < -0.3 is 15.2 Å². The number of rotatable bonds is 3. The molecule has 0 aliphatic carbocycles. The monoisotopic (exact) mass is 387 g/mol. The van der Waals surface area contributed by atoms with Gasteiger partial charge in [0, 0.05) is 32.3 Å². The van der Waals surface area contributed by atoms with E-state index >= 15 is 0 Å². The van der Waals surface area contributed by atoms with E-state index in [1.807, 2.05) is 0 Å². The molecule has 1 aromatic heterocycles. The molecule has 1 aromatic rings. The number of hydrogen-bond acceptors (Lipinski definition) is 5. The number of pyridine rings is 1. The SMILES string of the molecule is CN1C[C@H](C2=CC(C(F)(F)F)NN2C)[C@@H](C(=O)Nc2cccc(F)n2)C1=O. The lowest BCUT2D eigenvalue weighted by molar-refractivity contribution is -0.149. The van der Waals surface area contributed by atoms with Crippen LogP contribution in [0.15, 0.2) is 30.0 Å². The van der Waals surface area contributed by atoms with E-state index in [0.29, 0.717) is 0 Å². The molecule has 2 aliphatic rings. The van der Waals surface area contributed by atoms with Crippen LogP contribution in [0.25, 0.3) is 0 Å². The molecule has 27 heavy (non-hydrogen) atoms. The molecule has 11 heteroatoms. The van der Waals surface area contributed by atoms with Crippen molar-refractivity contribution in [1.82, 2.24) is 20.3 Å². The first kappa shape index (κ1) is 19.1. The van der Waals surface area contributed by atoms with Crippen LogP contribution < -0.4 is 10.7 Å². The summed E-state index contributed by atoms with van der Waals surface area (Å²) in [4.78, 5) is 29.8. The predicted octanol–water partition coefficient (Wildman–Crippen LogP) is 1.13. The van der Waals surface area contributed by atoms with Crippen molar-refractivity contribution in [2.75, 3.05) is 26.0 Å². The van der Waals surface area contributed by atoms with Crippen LogP contribution in [0.5, 0.6) is 0 Å². The average molecular weight is 387 g/mol. The minimum atomic E-state index is -4.51. The molecule has 3 atom stereocenters. The fourth-order valence-corrected chi connectivity index (χ4v) is 3.28. The number of likely N-dealkylation sites (tertiary alicyclic amines) is 1. The van der Waals surface area contributed by atoms with Crippen molar-refractivity contribution in [3.8, 4) is 0 Å². The molecule has 2 amide bonds. The van der Waals surface area contributed by atoms with Gasteiger partial charge in [0.15, 0.2) is 0 Å². The maximum absolute atomic E-state index is 13.2. The molecule has 0 spiro atoms. The molecule has 7 nitrogen and oxygen atoms in total. The second-order valence-electron chi connectivity index (χ2n) is 6.44. The number of hydrazine groups is 1. The second-order valence-corrected chi connectivity index (χ2v) is 6.44. The molecule has 3 heterocycles. The molecule has 146 valence electrons. The number of halogens is 4. The number of carbonyl (C=O) groups excluding carboxylic acids is 2. The lowest BCUT2D eigenvalue weighted by Gasteiger charge is -2.25. The van der Waals surface area contributed by atoms with Crippen LogP contribution in [-0.2, 0) is 9.59 Å². The van der Waals surface area contributed by atoms with Gasteiger partial charge in [-0.15, -0.1) is 0 Å². The summed E-state index contributed by atoms with van der Waals surface area (Å²) in [6.07, 6.45) is -3.54. The van der Waals surface area contributed by atoms with E-state index in [4.69, 9.17) is 0 Å². The van der Waals surface area contributed by atoms with Gasteiger partial charge in [-0.3, -0.25) is 9.59 Å². The minimum Gasteiger partial charge on any atom is -0.344 e. The lowest BCUT2D eigenvalue weighted by Crippen LogP contribution is -2.44. The van der Waals surface area contributed by atoms with Crippen molar-refractivity contribution >= 4 is 17.6 Å². The van der Waals surface area contributed by atoms with Gasteiger partial charge in [-0.2, -0.15) is 17.6 Å². The first-order valence-corrected chi connectivity index (χ1v) is 8.04. The van der Waals surface area contributed by atoms with Crippen LogP contribution in [0.4, 0.5) is 23.4 Å². The summed E-state index contributed by atoms with van der Waals surface area (Å²) in [7, 11) is 2.86. The Kier molecular flexibility index (Phi) is 4.81. The van der Waals surface area contributed by atoms with E-state index in [-0.39, 0.29) is 18.1 Å².